The average Bonchev–Trinajstić information content (AvgIpc) is 3.34. The van der Waals surface area contributed by atoms with Crippen molar-refractivity contribution in [3.8, 4) is 89.8 Å². The molecule has 0 atom stereocenters. The molecule has 4 aliphatic rings. The van der Waals surface area contributed by atoms with Crippen LogP contribution < -0.4 is 9.47 Å². The normalized spacial score (nSPS) is 15.4. The minimum absolute atomic E-state index is 0.209. The zero-order valence-electron chi connectivity index (χ0n) is 28.5. The van der Waals surface area contributed by atoms with Crippen molar-refractivity contribution in [2.24, 2.45) is 0 Å². The molecule has 0 aromatic heterocycles. The molecular weight excluding hydrogens is 609 g/mol. The third-order valence-corrected chi connectivity index (χ3v) is 11.9. The standard InChI is InChI=1S/C48H34O2/c1-47(2)38-24-35-33-21-22-43-45(32-18-8-7-15-29(32)31-17-10-11-19-41(31)49-43)46(33)48(3,4)39(35)25-36(38)34-23-37-28-14-6-5-13-27(28)30-16-9-12-20-42(30)50-44(37)26-40(34)47/h5-26H,1-4H3. The number of rotatable bonds is 0. The van der Waals surface area contributed by atoms with Crippen LogP contribution in [0.2, 0.25) is 0 Å². The largest absolute Gasteiger partial charge is 0.456 e. The second kappa shape index (κ2) is 9.43. The van der Waals surface area contributed by atoms with Gasteiger partial charge >= 0.3 is 0 Å². The summed E-state index contributed by atoms with van der Waals surface area (Å²) in [5.74, 6) is 3.64. The zero-order chi connectivity index (χ0) is 33.5. The fraction of sp³-hybridized carbons (Fsp3) is 0.125. The van der Waals surface area contributed by atoms with Crippen LogP contribution in [-0.4, -0.2) is 0 Å². The molecule has 0 N–H and O–H groups in total. The summed E-state index contributed by atoms with van der Waals surface area (Å²) in [5, 5.41) is 0. The van der Waals surface area contributed by atoms with Crippen molar-refractivity contribution in [1.82, 2.24) is 0 Å². The summed E-state index contributed by atoms with van der Waals surface area (Å²) >= 11 is 0. The van der Waals surface area contributed by atoms with Gasteiger partial charge in [0.1, 0.15) is 23.0 Å². The molecule has 2 aliphatic carbocycles. The van der Waals surface area contributed by atoms with Gasteiger partial charge in [-0.3, -0.25) is 0 Å². The summed E-state index contributed by atoms with van der Waals surface area (Å²) < 4.78 is 13.5. The fourth-order valence-electron chi connectivity index (χ4n) is 9.47. The van der Waals surface area contributed by atoms with Crippen LogP contribution in [0.25, 0.3) is 66.8 Å². The van der Waals surface area contributed by atoms with Gasteiger partial charge in [-0.25, -0.2) is 0 Å². The molecule has 0 fully saturated rings. The summed E-state index contributed by atoms with van der Waals surface area (Å²) in [7, 11) is 0. The van der Waals surface area contributed by atoms with Gasteiger partial charge in [-0.15, -0.1) is 0 Å². The molecule has 0 spiro atoms. The highest BCUT2D eigenvalue weighted by molar-refractivity contribution is 6.00. The Bertz CT molecular complexity index is 2640. The van der Waals surface area contributed by atoms with Crippen molar-refractivity contribution >= 4 is 0 Å². The molecule has 0 saturated carbocycles. The Labute approximate surface area is 292 Å². The Morgan fingerprint density at radius 2 is 0.780 bits per heavy atom. The van der Waals surface area contributed by atoms with Gasteiger partial charge < -0.3 is 9.47 Å². The maximum atomic E-state index is 6.76. The van der Waals surface area contributed by atoms with Crippen LogP contribution in [-0.2, 0) is 10.8 Å². The van der Waals surface area contributed by atoms with E-state index in [9.17, 15) is 0 Å². The highest BCUT2D eigenvalue weighted by atomic mass is 16.5. The Kier molecular flexibility index (Phi) is 5.28. The van der Waals surface area contributed by atoms with E-state index in [4.69, 9.17) is 9.47 Å². The molecule has 0 radical (unpaired) electrons. The maximum Gasteiger partial charge on any atom is 0.135 e. The molecule has 0 bridgehead atoms. The lowest BCUT2D eigenvalue weighted by Gasteiger charge is -2.26. The van der Waals surface area contributed by atoms with Gasteiger partial charge in [0.25, 0.3) is 0 Å². The summed E-state index contributed by atoms with van der Waals surface area (Å²) in [5.41, 5.74) is 19.6. The lowest BCUT2D eigenvalue weighted by atomic mass is 9.77. The molecule has 238 valence electrons. The van der Waals surface area contributed by atoms with Crippen molar-refractivity contribution in [2.75, 3.05) is 0 Å². The first-order valence-electron chi connectivity index (χ1n) is 17.6. The number of fused-ring (bicyclic) bond motifs is 17. The minimum Gasteiger partial charge on any atom is -0.456 e. The second-order valence-corrected chi connectivity index (χ2v) is 15.2. The van der Waals surface area contributed by atoms with Gasteiger partial charge in [0.15, 0.2) is 0 Å². The lowest BCUT2D eigenvalue weighted by molar-refractivity contribution is 0.485. The van der Waals surface area contributed by atoms with Gasteiger partial charge in [0.05, 0.1) is 0 Å². The molecule has 7 aromatic rings. The van der Waals surface area contributed by atoms with Gasteiger partial charge in [-0.1, -0.05) is 119 Å². The molecule has 2 heteroatoms. The van der Waals surface area contributed by atoms with E-state index in [2.05, 4.69) is 161 Å². The van der Waals surface area contributed by atoms with E-state index in [-0.39, 0.29) is 10.8 Å². The maximum absolute atomic E-state index is 6.76. The smallest absolute Gasteiger partial charge is 0.135 e. The van der Waals surface area contributed by atoms with E-state index in [1.807, 2.05) is 0 Å². The van der Waals surface area contributed by atoms with Crippen molar-refractivity contribution in [3.63, 3.8) is 0 Å². The van der Waals surface area contributed by atoms with Gasteiger partial charge in [-0.05, 0) is 109 Å². The van der Waals surface area contributed by atoms with E-state index < -0.39 is 0 Å². The first-order valence-corrected chi connectivity index (χ1v) is 17.6. The second-order valence-electron chi connectivity index (χ2n) is 15.2. The zero-order valence-corrected chi connectivity index (χ0v) is 28.5. The predicted octanol–water partition coefficient (Wildman–Crippen LogP) is 13.2. The monoisotopic (exact) mass is 642 g/mol. The topological polar surface area (TPSA) is 18.5 Å². The minimum atomic E-state index is -0.256. The van der Waals surface area contributed by atoms with E-state index in [0.29, 0.717) is 0 Å². The number of benzene rings is 7. The van der Waals surface area contributed by atoms with Gasteiger partial charge in [0, 0.05) is 33.1 Å². The third kappa shape index (κ3) is 3.48. The molecular formula is C48H34O2. The first-order chi connectivity index (χ1) is 24.3. The number of para-hydroxylation sites is 2. The van der Waals surface area contributed by atoms with Crippen LogP contribution >= 0.6 is 0 Å². The molecule has 0 amide bonds. The third-order valence-electron chi connectivity index (χ3n) is 11.9. The van der Waals surface area contributed by atoms with Crippen LogP contribution in [0, 0.1) is 0 Å². The number of hydrogen-bond acceptors (Lipinski definition) is 2. The molecule has 0 saturated heterocycles. The summed E-state index contributed by atoms with van der Waals surface area (Å²) in [6, 6.07) is 48.5. The Morgan fingerprint density at radius 1 is 0.320 bits per heavy atom. The fourth-order valence-corrected chi connectivity index (χ4v) is 9.47. The quantitative estimate of drug-likeness (QED) is 0.164. The number of ether oxygens (including phenoxy) is 2. The SMILES string of the molecule is CC1(C)c2cc3c(cc2-c2cc4c(cc21)-c1ccc2c(c1C4(C)C)-c1ccccc1-c1ccccc1O2)-c1ccccc1-c1ccccc1O3. The molecule has 2 heterocycles. The van der Waals surface area contributed by atoms with E-state index in [1.54, 1.807) is 0 Å². The van der Waals surface area contributed by atoms with Gasteiger partial charge in [0.2, 0.25) is 0 Å². The summed E-state index contributed by atoms with van der Waals surface area (Å²) in [6.07, 6.45) is 0. The highest BCUT2D eigenvalue weighted by Crippen LogP contribution is 2.61. The number of hydrogen-bond donors (Lipinski definition) is 0. The lowest BCUT2D eigenvalue weighted by Crippen LogP contribution is -2.18. The molecule has 2 aliphatic heterocycles. The van der Waals surface area contributed by atoms with Crippen molar-refractivity contribution in [3.05, 3.63) is 156 Å². The molecule has 2 nitrogen and oxygen atoms in total. The molecule has 50 heavy (non-hydrogen) atoms. The molecule has 7 aromatic carbocycles. The Morgan fingerprint density at radius 3 is 1.44 bits per heavy atom. The Hall–Kier alpha value is -5.86. The average molecular weight is 643 g/mol. The molecule has 0 unspecified atom stereocenters. The van der Waals surface area contributed by atoms with E-state index >= 15 is 0 Å². The van der Waals surface area contributed by atoms with Crippen LogP contribution in [0.1, 0.15) is 49.9 Å². The van der Waals surface area contributed by atoms with Crippen LogP contribution in [0.15, 0.2) is 133 Å². The summed E-state index contributed by atoms with van der Waals surface area (Å²) in [6.45, 7) is 9.53. The first kappa shape index (κ1) is 28.0. The van der Waals surface area contributed by atoms with Crippen molar-refractivity contribution in [2.45, 2.75) is 38.5 Å². The van der Waals surface area contributed by atoms with Gasteiger partial charge in [-0.2, -0.15) is 0 Å². The van der Waals surface area contributed by atoms with Crippen LogP contribution in [0.3, 0.4) is 0 Å². The highest BCUT2D eigenvalue weighted by Gasteiger charge is 2.44. The van der Waals surface area contributed by atoms with Crippen molar-refractivity contribution in [1.29, 1.82) is 0 Å². The van der Waals surface area contributed by atoms with E-state index in [0.717, 1.165) is 39.7 Å². The van der Waals surface area contributed by atoms with E-state index in [1.165, 1.54) is 72.3 Å². The van der Waals surface area contributed by atoms with Crippen molar-refractivity contribution < 1.29 is 9.47 Å². The predicted molar refractivity (Wildman–Crippen MR) is 203 cm³/mol. The van der Waals surface area contributed by atoms with Crippen LogP contribution in [0.4, 0.5) is 0 Å². The summed E-state index contributed by atoms with van der Waals surface area (Å²) in [4.78, 5) is 0. The molecule has 11 rings (SSSR count). The van der Waals surface area contributed by atoms with Crippen LogP contribution in [0.5, 0.6) is 23.0 Å². The Balaban J connectivity index is 1.13.